The number of carbonyl (C=O) groups is 2. The van der Waals surface area contributed by atoms with Crippen LogP contribution in [0.1, 0.15) is 28.9 Å². The maximum atomic E-state index is 13.5. The van der Waals surface area contributed by atoms with Crippen LogP contribution in [0.2, 0.25) is 0 Å². The Kier molecular flexibility index (Phi) is 5.50. The van der Waals surface area contributed by atoms with Gasteiger partial charge in [0.2, 0.25) is 0 Å². The Bertz CT molecular complexity index is 1080. The van der Waals surface area contributed by atoms with Gasteiger partial charge < -0.3 is 15.2 Å². The number of carbonyl (C=O) groups excluding carboxylic acids is 2. The third-order valence-electron chi connectivity index (χ3n) is 5.08. The Balaban J connectivity index is 1.54. The van der Waals surface area contributed by atoms with Gasteiger partial charge in [-0.3, -0.25) is 9.59 Å². The number of anilines is 2. The van der Waals surface area contributed by atoms with Gasteiger partial charge in [0.05, 0.1) is 17.4 Å². The fraction of sp³-hybridized carbons (Fsp3) is 0.227. The first kappa shape index (κ1) is 20.6. The Morgan fingerprint density at radius 1 is 1.06 bits per heavy atom. The largest absolute Gasteiger partial charge is 0.432 e. The Morgan fingerprint density at radius 2 is 1.77 bits per heavy atom. The summed E-state index contributed by atoms with van der Waals surface area (Å²) in [6.45, 7) is 1.14. The van der Waals surface area contributed by atoms with Crippen molar-refractivity contribution < 1.29 is 22.8 Å². The number of rotatable bonds is 4. The van der Waals surface area contributed by atoms with Gasteiger partial charge in [0.1, 0.15) is 17.3 Å². The smallest absolute Gasteiger partial charge is 0.356 e. The van der Waals surface area contributed by atoms with Crippen molar-refractivity contribution in [2.75, 3.05) is 23.3 Å². The van der Waals surface area contributed by atoms with Crippen LogP contribution in [0.15, 0.2) is 54.7 Å². The number of Topliss-reactive ketones (excluding diaryl/α,β-unsaturated/α-hetero) is 1. The van der Waals surface area contributed by atoms with Crippen LogP contribution in [0.4, 0.5) is 24.7 Å². The average Bonchev–Trinajstić information content (AvgIpc) is 3.22. The molecule has 1 saturated heterocycles. The third kappa shape index (κ3) is 4.60. The minimum atomic E-state index is -4.71. The van der Waals surface area contributed by atoms with Crippen LogP contribution in [0, 0.1) is 0 Å². The molecule has 1 amide bonds. The first-order valence-corrected chi connectivity index (χ1v) is 9.71. The van der Waals surface area contributed by atoms with Crippen LogP contribution in [0.25, 0.3) is 11.3 Å². The molecule has 4 rings (SSSR count). The van der Waals surface area contributed by atoms with Crippen molar-refractivity contribution in [1.82, 2.24) is 9.97 Å². The number of alkyl halides is 3. The summed E-state index contributed by atoms with van der Waals surface area (Å²) in [6, 6.07) is 12.9. The van der Waals surface area contributed by atoms with Crippen molar-refractivity contribution in [2.24, 2.45) is 0 Å². The zero-order chi connectivity index (χ0) is 22.0. The fourth-order valence-electron chi connectivity index (χ4n) is 3.46. The van der Waals surface area contributed by atoms with E-state index in [0.717, 1.165) is 0 Å². The van der Waals surface area contributed by atoms with Crippen molar-refractivity contribution in [2.45, 2.75) is 19.0 Å². The van der Waals surface area contributed by atoms with E-state index in [1.54, 1.807) is 42.5 Å². The molecule has 0 bridgehead atoms. The number of amides is 1. The highest BCUT2D eigenvalue weighted by Crippen LogP contribution is 2.34. The monoisotopic (exact) mass is 428 g/mol. The summed E-state index contributed by atoms with van der Waals surface area (Å²) in [5.74, 6) is -0.0275. The Morgan fingerprint density at radius 3 is 2.39 bits per heavy atom. The van der Waals surface area contributed by atoms with Crippen molar-refractivity contribution in [3.05, 3.63) is 66.0 Å². The molecule has 2 aromatic heterocycles. The summed E-state index contributed by atoms with van der Waals surface area (Å²) in [6.07, 6.45) is -2.41. The van der Waals surface area contributed by atoms with E-state index in [1.807, 2.05) is 4.90 Å². The number of benzene rings is 1. The molecule has 9 heteroatoms. The minimum absolute atomic E-state index is 0.200. The molecule has 0 saturated carbocycles. The highest BCUT2D eigenvalue weighted by atomic mass is 19.4. The van der Waals surface area contributed by atoms with Crippen LogP contribution in [0.3, 0.4) is 0 Å². The van der Waals surface area contributed by atoms with Crippen LogP contribution in [-0.2, 0) is 11.0 Å². The third-order valence-corrected chi connectivity index (χ3v) is 5.08. The second kappa shape index (κ2) is 8.25. The van der Waals surface area contributed by atoms with Gasteiger partial charge in [-0.25, -0.2) is 4.98 Å². The number of halogens is 3. The maximum absolute atomic E-state index is 13.5. The van der Waals surface area contributed by atoms with Gasteiger partial charge in [-0.05, 0) is 23.8 Å². The quantitative estimate of drug-likeness (QED) is 0.641. The number of pyridine rings is 1. The molecule has 1 fully saturated rings. The number of aromatic amines is 1. The second-order valence-corrected chi connectivity index (χ2v) is 7.22. The number of nitrogens with one attached hydrogen (secondary N) is 2. The van der Waals surface area contributed by atoms with Gasteiger partial charge in [0.25, 0.3) is 5.91 Å². The van der Waals surface area contributed by atoms with Crippen molar-refractivity contribution in [1.29, 1.82) is 0 Å². The summed E-state index contributed by atoms with van der Waals surface area (Å²) in [7, 11) is 0. The molecule has 3 aromatic rings. The van der Waals surface area contributed by atoms with Crippen molar-refractivity contribution >= 4 is 23.2 Å². The molecule has 0 spiro atoms. The number of hydrogen-bond acceptors (Lipinski definition) is 4. The second-order valence-electron chi connectivity index (χ2n) is 7.22. The molecule has 0 atom stereocenters. The fourth-order valence-corrected chi connectivity index (χ4v) is 3.46. The van der Waals surface area contributed by atoms with Crippen LogP contribution in [0.5, 0.6) is 0 Å². The first-order valence-electron chi connectivity index (χ1n) is 9.71. The number of nitrogens with zero attached hydrogens (tertiary/aromatic N) is 2. The van der Waals surface area contributed by atoms with Gasteiger partial charge in [0, 0.05) is 31.6 Å². The van der Waals surface area contributed by atoms with Crippen LogP contribution < -0.4 is 10.2 Å². The predicted octanol–water partition coefficient (Wildman–Crippen LogP) is 4.52. The lowest BCUT2D eigenvalue weighted by atomic mass is 10.1. The molecule has 0 radical (unpaired) electrons. The van der Waals surface area contributed by atoms with Gasteiger partial charge in [0.15, 0.2) is 0 Å². The SMILES string of the molecule is O=C1CCN(c2ccc(NC(=O)c3cc(-c4ccccc4)[nH]c3C(F)(F)F)cn2)CC1. The number of hydrogen-bond donors (Lipinski definition) is 2. The van der Waals surface area contributed by atoms with E-state index < -0.39 is 23.3 Å². The van der Waals surface area contributed by atoms with E-state index in [0.29, 0.717) is 37.3 Å². The average molecular weight is 428 g/mol. The standard InChI is InChI=1S/C22H19F3N4O2/c23-22(24,25)20-17(12-18(28-20)14-4-2-1-3-5-14)21(31)27-15-6-7-19(26-13-15)29-10-8-16(30)9-11-29/h1-7,12-13,28H,8-11H2,(H,27,31). The van der Waals surface area contributed by atoms with E-state index in [2.05, 4.69) is 15.3 Å². The molecular weight excluding hydrogens is 409 g/mol. The van der Waals surface area contributed by atoms with E-state index in [-0.39, 0.29) is 17.2 Å². The molecule has 1 aliphatic heterocycles. The van der Waals surface area contributed by atoms with E-state index in [1.165, 1.54) is 12.3 Å². The summed E-state index contributed by atoms with van der Waals surface area (Å²) >= 11 is 0. The van der Waals surface area contributed by atoms with Crippen molar-refractivity contribution in [3.8, 4) is 11.3 Å². The minimum Gasteiger partial charge on any atom is -0.356 e. The molecule has 1 aliphatic rings. The molecular formula is C22H19F3N4O2. The number of piperidine rings is 1. The van der Waals surface area contributed by atoms with Gasteiger partial charge in [-0.2, -0.15) is 13.2 Å². The normalized spacial score (nSPS) is 14.5. The molecule has 1 aromatic carbocycles. The highest BCUT2D eigenvalue weighted by molar-refractivity contribution is 6.06. The van der Waals surface area contributed by atoms with Gasteiger partial charge in [-0.15, -0.1) is 0 Å². The van der Waals surface area contributed by atoms with Gasteiger partial charge in [-0.1, -0.05) is 30.3 Å². The summed E-state index contributed by atoms with van der Waals surface area (Å²) in [5.41, 5.74) is -0.585. The van der Waals surface area contributed by atoms with E-state index in [4.69, 9.17) is 0 Å². The van der Waals surface area contributed by atoms with E-state index in [9.17, 15) is 22.8 Å². The lowest BCUT2D eigenvalue weighted by molar-refractivity contribution is -0.141. The lowest BCUT2D eigenvalue weighted by Gasteiger charge is -2.27. The molecule has 3 heterocycles. The zero-order valence-corrected chi connectivity index (χ0v) is 16.4. The highest BCUT2D eigenvalue weighted by Gasteiger charge is 2.38. The lowest BCUT2D eigenvalue weighted by Crippen LogP contribution is -2.34. The van der Waals surface area contributed by atoms with Gasteiger partial charge >= 0.3 is 6.18 Å². The van der Waals surface area contributed by atoms with E-state index >= 15 is 0 Å². The maximum Gasteiger partial charge on any atom is 0.432 e. The topological polar surface area (TPSA) is 78.1 Å². The molecule has 160 valence electrons. The molecule has 6 nitrogen and oxygen atoms in total. The number of H-pyrrole nitrogens is 1. The van der Waals surface area contributed by atoms with Crippen LogP contribution in [-0.4, -0.2) is 34.7 Å². The molecule has 0 unspecified atom stereocenters. The summed E-state index contributed by atoms with van der Waals surface area (Å²) < 4.78 is 40.5. The zero-order valence-electron chi connectivity index (χ0n) is 16.4. The molecule has 31 heavy (non-hydrogen) atoms. The number of aromatic nitrogens is 2. The Labute approximate surface area is 176 Å². The van der Waals surface area contributed by atoms with Crippen molar-refractivity contribution in [3.63, 3.8) is 0 Å². The predicted molar refractivity (Wildman–Crippen MR) is 110 cm³/mol. The van der Waals surface area contributed by atoms with Crippen LogP contribution >= 0.6 is 0 Å². The number of ketones is 1. The Hall–Kier alpha value is -3.62. The summed E-state index contributed by atoms with van der Waals surface area (Å²) in [4.78, 5) is 32.5. The first-order chi connectivity index (χ1) is 14.8. The molecule has 2 N–H and O–H groups in total. The molecule has 0 aliphatic carbocycles. The summed E-state index contributed by atoms with van der Waals surface area (Å²) in [5, 5.41) is 2.48.